The maximum absolute atomic E-state index is 13.1. The molecule has 7 nitrogen and oxygen atoms in total. The van der Waals surface area contributed by atoms with Crippen molar-refractivity contribution in [3.63, 3.8) is 0 Å². The maximum atomic E-state index is 13.1. The Labute approximate surface area is 151 Å². The average Bonchev–Trinajstić information content (AvgIpc) is 3.27. The first-order valence-corrected chi connectivity index (χ1v) is 9.02. The van der Waals surface area contributed by atoms with E-state index in [0.29, 0.717) is 30.9 Å². The summed E-state index contributed by atoms with van der Waals surface area (Å²) >= 11 is 0. The molecule has 2 aliphatic rings. The van der Waals surface area contributed by atoms with Crippen LogP contribution in [-0.2, 0) is 9.53 Å². The van der Waals surface area contributed by atoms with Crippen LogP contribution in [0, 0.1) is 23.7 Å². The van der Waals surface area contributed by atoms with E-state index in [2.05, 4.69) is 22.3 Å². The molecule has 2 aromatic rings. The lowest BCUT2D eigenvalue weighted by Crippen LogP contribution is -2.37. The van der Waals surface area contributed by atoms with Crippen LogP contribution in [0.1, 0.15) is 24.2 Å². The predicted molar refractivity (Wildman–Crippen MR) is 94.3 cm³/mol. The lowest BCUT2D eigenvalue weighted by atomic mass is 9.72. The number of fused-ring (bicyclic) bond motifs is 2. The summed E-state index contributed by atoms with van der Waals surface area (Å²) in [6.07, 6.45) is 7.63. The number of aromatic nitrogens is 3. The summed E-state index contributed by atoms with van der Waals surface area (Å²) in [6, 6.07) is 3.59. The van der Waals surface area contributed by atoms with E-state index in [1.54, 1.807) is 16.8 Å². The first-order chi connectivity index (χ1) is 12.6. The number of likely N-dealkylation sites (tertiary alicyclic amines) is 1. The molecule has 26 heavy (non-hydrogen) atoms. The molecular weight excluding hydrogens is 332 g/mol. The number of rotatable bonds is 3. The minimum Gasteiger partial charge on any atom is -0.466 e. The van der Waals surface area contributed by atoms with Gasteiger partial charge < -0.3 is 9.64 Å². The van der Waals surface area contributed by atoms with Gasteiger partial charge >= 0.3 is 5.97 Å². The molecule has 3 heterocycles. The number of nitrogens with zero attached hydrogens (tertiary/aromatic N) is 4. The van der Waals surface area contributed by atoms with E-state index in [9.17, 15) is 9.59 Å². The van der Waals surface area contributed by atoms with Gasteiger partial charge in [0.25, 0.3) is 5.91 Å². The van der Waals surface area contributed by atoms with E-state index in [0.717, 1.165) is 0 Å². The normalized spacial score (nSPS) is 27.5. The molecule has 0 saturated carbocycles. The zero-order valence-corrected chi connectivity index (χ0v) is 14.9. The highest BCUT2D eigenvalue weighted by Crippen LogP contribution is 2.40. The van der Waals surface area contributed by atoms with Gasteiger partial charge in [0.15, 0.2) is 5.65 Å². The molecule has 0 spiro atoms. The van der Waals surface area contributed by atoms with Gasteiger partial charge in [0.1, 0.15) is 6.33 Å². The molecule has 1 saturated heterocycles. The largest absolute Gasteiger partial charge is 0.466 e. The second-order valence-electron chi connectivity index (χ2n) is 7.04. The molecule has 2 aromatic heterocycles. The van der Waals surface area contributed by atoms with Gasteiger partial charge in [-0.3, -0.25) is 14.0 Å². The summed E-state index contributed by atoms with van der Waals surface area (Å²) in [7, 11) is 0. The highest BCUT2D eigenvalue weighted by molar-refractivity contribution is 5.99. The lowest BCUT2D eigenvalue weighted by molar-refractivity contribution is -0.152. The fraction of sp³-hybridized carbons (Fsp3) is 0.474. The summed E-state index contributed by atoms with van der Waals surface area (Å²) in [5.41, 5.74) is 1.09. The summed E-state index contributed by atoms with van der Waals surface area (Å²) < 4.78 is 7.03. The third kappa shape index (κ3) is 2.67. The number of esters is 1. The van der Waals surface area contributed by atoms with Crippen LogP contribution in [0.4, 0.5) is 0 Å². The average molecular weight is 354 g/mol. The molecule has 0 N–H and O–H groups in total. The van der Waals surface area contributed by atoms with Crippen LogP contribution in [0.2, 0.25) is 0 Å². The maximum Gasteiger partial charge on any atom is 0.309 e. The fourth-order valence-electron chi connectivity index (χ4n) is 4.25. The SMILES string of the molecule is CCOC(=O)[C@@H]1[C@H]2CN(C(=O)c3cccn4cnnc34)C[C@@H]2C=C[C@@H]1C. The Balaban J connectivity index is 1.59. The van der Waals surface area contributed by atoms with E-state index >= 15 is 0 Å². The number of ether oxygens (including phenoxy) is 1. The van der Waals surface area contributed by atoms with Gasteiger partial charge in [0.05, 0.1) is 18.1 Å². The van der Waals surface area contributed by atoms with Crippen molar-refractivity contribution in [2.24, 2.45) is 23.7 Å². The minimum atomic E-state index is -0.202. The molecule has 1 aliphatic heterocycles. The van der Waals surface area contributed by atoms with Gasteiger partial charge in [-0.05, 0) is 36.8 Å². The number of allylic oxidation sites excluding steroid dienone is 1. The number of amides is 1. The third-order valence-electron chi connectivity index (χ3n) is 5.50. The fourth-order valence-corrected chi connectivity index (χ4v) is 4.25. The molecule has 1 fully saturated rings. The number of pyridine rings is 1. The third-order valence-corrected chi connectivity index (χ3v) is 5.50. The molecule has 4 atom stereocenters. The van der Waals surface area contributed by atoms with E-state index < -0.39 is 0 Å². The van der Waals surface area contributed by atoms with Crippen LogP contribution < -0.4 is 0 Å². The van der Waals surface area contributed by atoms with Crippen molar-refractivity contribution in [2.75, 3.05) is 19.7 Å². The number of carbonyl (C=O) groups is 2. The van der Waals surface area contributed by atoms with Crippen molar-refractivity contribution in [1.29, 1.82) is 0 Å². The quantitative estimate of drug-likeness (QED) is 0.620. The van der Waals surface area contributed by atoms with E-state index in [1.807, 2.05) is 31.0 Å². The van der Waals surface area contributed by atoms with E-state index in [1.165, 1.54) is 0 Å². The summed E-state index contributed by atoms with van der Waals surface area (Å²) in [6.45, 7) is 5.40. The summed E-state index contributed by atoms with van der Waals surface area (Å²) in [4.78, 5) is 27.4. The zero-order valence-electron chi connectivity index (χ0n) is 14.9. The Morgan fingerprint density at radius 3 is 2.96 bits per heavy atom. The van der Waals surface area contributed by atoms with Crippen molar-refractivity contribution in [3.8, 4) is 0 Å². The highest BCUT2D eigenvalue weighted by atomic mass is 16.5. The van der Waals surface area contributed by atoms with Gasteiger partial charge in [-0.25, -0.2) is 0 Å². The predicted octanol–water partition coefficient (Wildman–Crippen LogP) is 1.80. The molecule has 4 rings (SSSR count). The van der Waals surface area contributed by atoms with Gasteiger partial charge in [-0.15, -0.1) is 10.2 Å². The molecular formula is C19H22N4O3. The van der Waals surface area contributed by atoms with Crippen LogP contribution in [0.25, 0.3) is 5.65 Å². The number of hydrogen-bond donors (Lipinski definition) is 0. The number of hydrogen-bond acceptors (Lipinski definition) is 5. The van der Waals surface area contributed by atoms with Crippen LogP contribution in [0.3, 0.4) is 0 Å². The van der Waals surface area contributed by atoms with Gasteiger partial charge in [0, 0.05) is 19.3 Å². The second-order valence-corrected chi connectivity index (χ2v) is 7.04. The Kier molecular flexibility index (Phi) is 4.22. The van der Waals surface area contributed by atoms with Gasteiger partial charge in [-0.1, -0.05) is 19.1 Å². The lowest BCUT2D eigenvalue weighted by Gasteiger charge is -2.31. The zero-order chi connectivity index (χ0) is 18.3. The van der Waals surface area contributed by atoms with Gasteiger partial charge in [-0.2, -0.15) is 0 Å². The number of carbonyl (C=O) groups excluding carboxylic acids is 2. The van der Waals surface area contributed by atoms with Crippen LogP contribution in [0.15, 0.2) is 36.8 Å². The topological polar surface area (TPSA) is 76.8 Å². The minimum absolute atomic E-state index is 0.0679. The van der Waals surface area contributed by atoms with Gasteiger partial charge in [0.2, 0.25) is 0 Å². The Hall–Kier alpha value is -2.70. The van der Waals surface area contributed by atoms with Crippen LogP contribution in [-0.4, -0.2) is 51.1 Å². The standard InChI is InChI=1S/C19H22N4O3/c1-3-26-19(25)16-12(2)6-7-13-9-23(10-15(13)16)18(24)14-5-4-8-22-11-20-21-17(14)22/h4-8,11-13,15-16H,3,9-10H2,1-2H3/t12-,13-,15-,16-/m0/s1. The molecule has 1 amide bonds. The Morgan fingerprint density at radius 1 is 1.31 bits per heavy atom. The molecule has 1 aliphatic carbocycles. The summed E-state index contributed by atoms with van der Waals surface area (Å²) in [5, 5.41) is 7.94. The highest BCUT2D eigenvalue weighted by Gasteiger charge is 2.46. The second kappa shape index (κ2) is 6.55. The van der Waals surface area contributed by atoms with Crippen molar-refractivity contribution >= 4 is 17.5 Å². The van der Waals surface area contributed by atoms with Crippen molar-refractivity contribution in [3.05, 3.63) is 42.4 Å². The van der Waals surface area contributed by atoms with E-state index in [-0.39, 0.29) is 35.5 Å². The molecule has 7 heteroatoms. The molecule has 0 bridgehead atoms. The molecule has 136 valence electrons. The van der Waals surface area contributed by atoms with Crippen molar-refractivity contribution in [1.82, 2.24) is 19.5 Å². The Morgan fingerprint density at radius 2 is 2.15 bits per heavy atom. The van der Waals surface area contributed by atoms with Crippen molar-refractivity contribution in [2.45, 2.75) is 13.8 Å². The van der Waals surface area contributed by atoms with E-state index in [4.69, 9.17) is 4.74 Å². The molecule has 0 unspecified atom stereocenters. The first kappa shape index (κ1) is 16.8. The Bertz CT molecular complexity index is 875. The monoisotopic (exact) mass is 354 g/mol. The molecule has 0 aromatic carbocycles. The molecule has 0 radical (unpaired) electrons. The van der Waals surface area contributed by atoms with Crippen molar-refractivity contribution < 1.29 is 14.3 Å². The first-order valence-electron chi connectivity index (χ1n) is 9.02. The summed E-state index contributed by atoms with van der Waals surface area (Å²) in [5.74, 6) is -0.0375. The van der Waals surface area contributed by atoms with Crippen LogP contribution in [0.5, 0.6) is 0 Å². The smallest absolute Gasteiger partial charge is 0.309 e. The van der Waals surface area contributed by atoms with Crippen LogP contribution >= 0.6 is 0 Å².